The molecule has 0 radical (unpaired) electrons. The van der Waals surface area contributed by atoms with Crippen molar-refractivity contribution in [2.24, 2.45) is 0 Å². The Morgan fingerprint density at radius 1 is 1.39 bits per heavy atom. The zero-order chi connectivity index (χ0) is 13.6. The molecular weight excluding hydrogens is 232 g/mol. The van der Waals surface area contributed by atoms with Gasteiger partial charge in [-0.2, -0.15) is 0 Å². The minimum atomic E-state index is -0.410. The third-order valence-electron chi connectivity index (χ3n) is 2.64. The predicted octanol–water partition coefficient (Wildman–Crippen LogP) is 1.62. The van der Waals surface area contributed by atoms with Crippen molar-refractivity contribution in [3.63, 3.8) is 0 Å². The topological polar surface area (TPSA) is 50.8 Å². The van der Waals surface area contributed by atoms with E-state index in [1.807, 2.05) is 27.7 Å². The first-order valence-corrected chi connectivity index (χ1v) is 6.71. The summed E-state index contributed by atoms with van der Waals surface area (Å²) in [5, 5.41) is 3.40. The maximum absolute atomic E-state index is 11.7. The number of hydrogen-bond acceptors (Lipinski definition) is 4. The molecule has 18 heavy (non-hydrogen) atoms. The lowest BCUT2D eigenvalue weighted by molar-refractivity contribution is 0.00514. The number of ether oxygens (including phenoxy) is 2. The van der Waals surface area contributed by atoms with E-state index in [1.54, 1.807) is 4.90 Å². The molecule has 0 atom stereocenters. The normalized spacial score (nSPS) is 16.6. The number of carbonyl (C=O) groups is 1. The Bertz CT molecular complexity index is 257. The van der Waals surface area contributed by atoms with E-state index in [-0.39, 0.29) is 6.09 Å². The van der Waals surface area contributed by atoms with Crippen LogP contribution in [0, 0.1) is 0 Å². The second-order valence-electron chi connectivity index (χ2n) is 5.59. The van der Waals surface area contributed by atoms with Gasteiger partial charge in [-0.05, 0) is 40.7 Å². The van der Waals surface area contributed by atoms with Gasteiger partial charge >= 0.3 is 6.09 Å². The van der Waals surface area contributed by atoms with Crippen molar-refractivity contribution in [2.45, 2.75) is 45.8 Å². The molecule has 0 aromatic rings. The Morgan fingerprint density at radius 2 is 2.06 bits per heavy atom. The summed E-state index contributed by atoms with van der Waals surface area (Å²) < 4.78 is 10.5. The van der Waals surface area contributed by atoms with Crippen molar-refractivity contribution in [1.82, 2.24) is 10.2 Å². The number of nitrogens with one attached hydrogen (secondary N) is 1. The fourth-order valence-electron chi connectivity index (χ4n) is 1.71. The lowest BCUT2D eigenvalue weighted by atomic mass is 10.1. The van der Waals surface area contributed by atoms with Crippen LogP contribution in [0.1, 0.15) is 34.1 Å². The number of likely N-dealkylation sites (tertiary alicyclic amines) is 1. The van der Waals surface area contributed by atoms with Crippen LogP contribution in [0.2, 0.25) is 0 Å². The molecule has 0 aromatic carbocycles. The molecule has 1 rings (SSSR count). The zero-order valence-corrected chi connectivity index (χ0v) is 12.0. The maximum atomic E-state index is 11.7. The van der Waals surface area contributed by atoms with E-state index in [0.29, 0.717) is 6.04 Å². The summed E-state index contributed by atoms with van der Waals surface area (Å²) in [6.45, 7) is 11.6. The molecule has 5 nitrogen and oxygen atoms in total. The van der Waals surface area contributed by atoms with Gasteiger partial charge in [-0.25, -0.2) is 4.79 Å². The Morgan fingerprint density at radius 3 is 2.61 bits per heavy atom. The van der Waals surface area contributed by atoms with E-state index < -0.39 is 5.60 Å². The summed E-state index contributed by atoms with van der Waals surface area (Å²) in [4.78, 5) is 13.4. The molecule has 0 spiro atoms. The highest BCUT2D eigenvalue weighted by atomic mass is 16.6. The Kier molecular flexibility index (Phi) is 5.88. The van der Waals surface area contributed by atoms with Crippen LogP contribution in [0.15, 0.2) is 0 Å². The summed E-state index contributed by atoms with van der Waals surface area (Å²) >= 11 is 0. The predicted molar refractivity (Wildman–Crippen MR) is 70.7 cm³/mol. The quantitative estimate of drug-likeness (QED) is 0.736. The average Bonchev–Trinajstić information content (AvgIpc) is 2.17. The lowest BCUT2D eigenvalue weighted by Crippen LogP contribution is -2.60. The summed E-state index contributed by atoms with van der Waals surface area (Å²) in [6.07, 6.45) is 0.798. The van der Waals surface area contributed by atoms with Crippen molar-refractivity contribution in [3.05, 3.63) is 0 Å². The van der Waals surface area contributed by atoms with Gasteiger partial charge in [0.05, 0.1) is 0 Å². The molecular formula is C13H26N2O3. The van der Waals surface area contributed by atoms with Crippen LogP contribution >= 0.6 is 0 Å². The highest BCUT2D eigenvalue weighted by molar-refractivity contribution is 5.69. The summed E-state index contributed by atoms with van der Waals surface area (Å²) in [5.41, 5.74) is -0.410. The molecule has 1 aliphatic rings. The third-order valence-corrected chi connectivity index (χ3v) is 2.64. The molecule has 5 heteroatoms. The molecule has 106 valence electrons. The largest absolute Gasteiger partial charge is 0.444 e. The van der Waals surface area contributed by atoms with E-state index >= 15 is 0 Å². The summed E-state index contributed by atoms with van der Waals surface area (Å²) in [7, 11) is 0. The number of amides is 1. The van der Waals surface area contributed by atoms with Crippen LogP contribution in [-0.2, 0) is 9.47 Å². The minimum Gasteiger partial charge on any atom is -0.444 e. The summed E-state index contributed by atoms with van der Waals surface area (Å²) in [6, 6.07) is 0.402. The molecule has 1 amide bonds. The first kappa shape index (κ1) is 15.2. The van der Waals surface area contributed by atoms with Gasteiger partial charge in [0.2, 0.25) is 0 Å². The third kappa shape index (κ3) is 5.69. The van der Waals surface area contributed by atoms with Crippen LogP contribution in [0.5, 0.6) is 0 Å². The van der Waals surface area contributed by atoms with Crippen molar-refractivity contribution >= 4 is 6.09 Å². The molecule has 1 N–H and O–H groups in total. The monoisotopic (exact) mass is 258 g/mol. The van der Waals surface area contributed by atoms with Crippen LogP contribution < -0.4 is 5.32 Å². The second-order valence-corrected chi connectivity index (χ2v) is 5.59. The fourth-order valence-corrected chi connectivity index (χ4v) is 1.71. The highest BCUT2D eigenvalue weighted by Gasteiger charge is 2.32. The molecule has 1 fully saturated rings. The molecule has 0 saturated carbocycles. The SMILES string of the molecule is CCOCCCNC1CN(C(=O)OC(C)(C)C)C1. The second kappa shape index (κ2) is 6.95. The minimum absolute atomic E-state index is 0.213. The first-order chi connectivity index (χ1) is 8.42. The average molecular weight is 258 g/mol. The van der Waals surface area contributed by atoms with Gasteiger partial charge in [-0.3, -0.25) is 0 Å². The van der Waals surface area contributed by atoms with Gasteiger partial charge in [0.15, 0.2) is 0 Å². The smallest absolute Gasteiger partial charge is 0.410 e. The fraction of sp³-hybridized carbons (Fsp3) is 0.923. The van der Waals surface area contributed by atoms with Gasteiger partial charge in [0, 0.05) is 32.3 Å². The molecule has 0 unspecified atom stereocenters. The lowest BCUT2D eigenvalue weighted by Gasteiger charge is -2.40. The van der Waals surface area contributed by atoms with E-state index in [2.05, 4.69) is 5.32 Å². The number of carbonyl (C=O) groups excluding carboxylic acids is 1. The summed E-state index contributed by atoms with van der Waals surface area (Å²) in [5.74, 6) is 0. The van der Waals surface area contributed by atoms with Crippen LogP contribution in [-0.4, -0.2) is 55.5 Å². The van der Waals surface area contributed by atoms with Gasteiger partial charge in [0.1, 0.15) is 5.60 Å². The van der Waals surface area contributed by atoms with Crippen molar-refractivity contribution in [3.8, 4) is 0 Å². The molecule has 1 aliphatic heterocycles. The molecule has 1 saturated heterocycles. The van der Waals surface area contributed by atoms with E-state index in [1.165, 1.54) is 0 Å². The number of rotatable bonds is 6. The van der Waals surface area contributed by atoms with Gasteiger partial charge in [-0.1, -0.05) is 0 Å². The maximum Gasteiger partial charge on any atom is 0.410 e. The van der Waals surface area contributed by atoms with Gasteiger partial charge in [-0.15, -0.1) is 0 Å². The van der Waals surface area contributed by atoms with Crippen molar-refractivity contribution in [2.75, 3.05) is 32.8 Å². The zero-order valence-electron chi connectivity index (χ0n) is 12.0. The standard InChI is InChI=1S/C13H26N2O3/c1-5-17-8-6-7-14-11-9-15(10-11)12(16)18-13(2,3)4/h11,14H,5-10H2,1-4H3. The highest BCUT2D eigenvalue weighted by Crippen LogP contribution is 2.14. The van der Waals surface area contributed by atoms with E-state index in [9.17, 15) is 4.79 Å². The van der Waals surface area contributed by atoms with E-state index in [4.69, 9.17) is 9.47 Å². The first-order valence-electron chi connectivity index (χ1n) is 6.71. The Labute approximate surface area is 110 Å². The Balaban J connectivity index is 2.04. The molecule has 1 heterocycles. The number of hydrogen-bond donors (Lipinski definition) is 1. The molecule has 0 aromatic heterocycles. The molecule has 0 aliphatic carbocycles. The van der Waals surface area contributed by atoms with Crippen LogP contribution in [0.25, 0.3) is 0 Å². The van der Waals surface area contributed by atoms with Crippen LogP contribution in [0.4, 0.5) is 4.79 Å². The number of nitrogens with zero attached hydrogens (tertiary/aromatic N) is 1. The van der Waals surface area contributed by atoms with Crippen LogP contribution in [0.3, 0.4) is 0 Å². The van der Waals surface area contributed by atoms with Crippen molar-refractivity contribution < 1.29 is 14.3 Å². The van der Waals surface area contributed by atoms with Gasteiger partial charge < -0.3 is 19.7 Å². The van der Waals surface area contributed by atoms with Crippen molar-refractivity contribution in [1.29, 1.82) is 0 Å². The molecule has 0 bridgehead atoms. The van der Waals surface area contributed by atoms with E-state index in [0.717, 1.165) is 39.3 Å². The van der Waals surface area contributed by atoms with Gasteiger partial charge in [0.25, 0.3) is 0 Å². The Hall–Kier alpha value is -0.810.